The minimum atomic E-state index is -3.96. The molecule has 0 bridgehead atoms. The molecule has 2 N–H and O–H groups in total. The third-order valence-corrected chi connectivity index (χ3v) is 7.15. The van der Waals surface area contributed by atoms with E-state index in [1.54, 1.807) is 24.3 Å². The van der Waals surface area contributed by atoms with Crippen molar-refractivity contribution in [3.63, 3.8) is 0 Å². The lowest BCUT2D eigenvalue weighted by Crippen LogP contribution is -2.24. The van der Waals surface area contributed by atoms with Crippen LogP contribution in [-0.2, 0) is 29.4 Å². The number of nitrogens with one attached hydrogen (secondary N) is 2. The Labute approximate surface area is 194 Å². The number of aryl methyl sites for hydroxylation is 3. The molecule has 5 nitrogen and oxygen atoms in total. The van der Waals surface area contributed by atoms with Gasteiger partial charge in [0.2, 0.25) is 0 Å². The van der Waals surface area contributed by atoms with Crippen LogP contribution in [0, 0.1) is 6.92 Å². The fourth-order valence-electron chi connectivity index (χ4n) is 3.37. The van der Waals surface area contributed by atoms with Crippen molar-refractivity contribution in [3.8, 4) is 0 Å². The van der Waals surface area contributed by atoms with Gasteiger partial charge in [-0.05, 0) is 66.8 Å². The molecule has 0 radical (unpaired) electrons. The molecule has 3 aromatic rings. The maximum absolute atomic E-state index is 12.9. The maximum atomic E-state index is 12.9. The molecule has 3 rings (SSSR count). The zero-order valence-electron chi connectivity index (χ0n) is 18.4. The molecule has 0 atom stereocenters. The molecule has 0 saturated carbocycles. The summed E-state index contributed by atoms with van der Waals surface area (Å²) in [6, 6.07) is 17.5. The number of hydrogen-bond acceptors (Lipinski definition) is 3. The van der Waals surface area contributed by atoms with E-state index in [1.165, 1.54) is 29.3 Å². The summed E-state index contributed by atoms with van der Waals surface area (Å²) in [7, 11) is -3.96. The van der Waals surface area contributed by atoms with Crippen LogP contribution in [0.1, 0.15) is 46.5 Å². The molecule has 0 fully saturated rings. The van der Waals surface area contributed by atoms with Crippen molar-refractivity contribution in [2.24, 2.45) is 0 Å². The van der Waals surface area contributed by atoms with Gasteiger partial charge in [-0.25, -0.2) is 8.42 Å². The lowest BCUT2D eigenvalue weighted by atomic mass is 10.0. The van der Waals surface area contributed by atoms with Crippen molar-refractivity contribution in [3.05, 3.63) is 93.5 Å². The fourth-order valence-corrected chi connectivity index (χ4v) is 4.95. The fraction of sp³-hybridized carbons (Fsp3) is 0.240. The van der Waals surface area contributed by atoms with Crippen LogP contribution in [0.5, 0.6) is 0 Å². The van der Waals surface area contributed by atoms with Gasteiger partial charge in [-0.15, -0.1) is 0 Å². The zero-order valence-corrected chi connectivity index (χ0v) is 20.0. The van der Waals surface area contributed by atoms with Gasteiger partial charge in [-0.3, -0.25) is 9.52 Å². The Morgan fingerprint density at radius 2 is 1.62 bits per heavy atom. The van der Waals surface area contributed by atoms with Gasteiger partial charge < -0.3 is 5.32 Å². The van der Waals surface area contributed by atoms with E-state index < -0.39 is 10.0 Å². The molecule has 3 aromatic carbocycles. The van der Waals surface area contributed by atoms with Gasteiger partial charge in [-0.1, -0.05) is 61.3 Å². The van der Waals surface area contributed by atoms with E-state index >= 15 is 0 Å². The molecule has 0 aromatic heterocycles. The Kier molecular flexibility index (Phi) is 7.59. The summed E-state index contributed by atoms with van der Waals surface area (Å²) in [5.41, 5.74) is 5.09. The van der Waals surface area contributed by atoms with E-state index in [1.807, 2.05) is 6.92 Å². The van der Waals surface area contributed by atoms with E-state index in [-0.39, 0.29) is 21.4 Å². The highest BCUT2D eigenvalue weighted by atomic mass is 35.5. The first kappa shape index (κ1) is 23.8. The monoisotopic (exact) mass is 470 g/mol. The average Bonchev–Trinajstić information content (AvgIpc) is 2.78. The van der Waals surface area contributed by atoms with Crippen molar-refractivity contribution < 1.29 is 13.2 Å². The highest BCUT2D eigenvalue weighted by Crippen LogP contribution is 2.25. The van der Waals surface area contributed by atoms with E-state index in [4.69, 9.17) is 11.6 Å². The normalized spacial score (nSPS) is 11.2. The van der Waals surface area contributed by atoms with Gasteiger partial charge in [0.25, 0.3) is 15.9 Å². The molecular weight excluding hydrogens is 444 g/mol. The van der Waals surface area contributed by atoms with Gasteiger partial charge in [-0.2, -0.15) is 0 Å². The second-order valence-corrected chi connectivity index (χ2v) is 9.67. The van der Waals surface area contributed by atoms with E-state index in [0.717, 1.165) is 24.0 Å². The maximum Gasteiger partial charge on any atom is 0.263 e. The van der Waals surface area contributed by atoms with Crippen LogP contribution in [0.3, 0.4) is 0 Å². The topological polar surface area (TPSA) is 75.3 Å². The second kappa shape index (κ2) is 10.2. The van der Waals surface area contributed by atoms with Crippen LogP contribution < -0.4 is 10.0 Å². The number of rotatable bonds is 8. The van der Waals surface area contributed by atoms with Gasteiger partial charge in [0, 0.05) is 17.8 Å². The molecule has 7 heteroatoms. The third-order valence-electron chi connectivity index (χ3n) is 5.29. The Balaban J connectivity index is 1.80. The number of sulfonamides is 1. The van der Waals surface area contributed by atoms with Gasteiger partial charge >= 0.3 is 0 Å². The molecule has 0 aliphatic rings. The summed E-state index contributed by atoms with van der Waals surface area (Å²) in [5.74, 6) is -0.364. The molecule has 168 valence electrons. The smallest absolute Gasteiger partial charge is 0.263 e. The minimum absolute atomic E-state index is 0.0464. The highest BCUT2D eigenvalue weighted by Gasteiger charge is 2.20. The molecule has 0 saturated heterocycles. The molecule has 0 aliphatic carbocycles. The number of anilines is 1. The van der Waals surface area contributed by atoms with Gasteiger partial charge in [0.1, 0.15) is 4.90 Å². The van der Waals surface area contributed by atoms with Crippen LogP contribution in [-0.4, -0.2) is 14.3 Å². The van der Waals surface area contributed by atoms with E-state index in [0.29, 0.717) is 12.2 Å². The molecular formula is C25H27ClN2O3S. The SMILES string of the molecule is CCc1ccc(CC)c(CNC(=O)c2ccc(Cl)c(S(=O)(=O)Nc3ccc(C)cc3)c2)c1. The number of carbonyl (C=O) groups excluding carboxylic acids is 1. The van der Waals surface area contributed by atoms with Crippen LogP contribution in [0.2, 0.25) is 5.02 Å². The second-order valence-electron chi connectivity index (χ2n) is 7.61. The highest BCUT2D eigenvalue weighted by molar-refractivity contribution is 7.92. The van der Waals surface area contributed by atoms with E-state index in [9.17, 15) is 13.2 Å². The minimum Gasteiger partial charge on any atom is -0.348 e. The predicted octanol–water partition coefficient (Wildman–Crippen LogP) is 5.50. The quantitative estimate of drug-likeness (QED) is 0.456. The number of halogens is 1. The number of hydrogen-bond donors (Lipinski definition) is 2. The Bertz CT molecular complexity index is 1220. The number of amides is 1. The molecule has 0 heterocycles. The molecule has 0 aliphatic heterocycles. The Morgan fingerprint density at radius 3 is 2.28 bits per heavy atom. The lowest BCUT2D eigenvalue weighted by Gasteiger charge is -2.13. The Hall–Kier alpha value is -2.83. The molecule has 32 heavy (non-hydrogen) atoms. The average molecular weight is 471 g/mol. The largest absolute Gasteiger partial charge is 0.348 e. The Morgan fingerprint density at radius 1 is 0.906 bits per heavy atom. The van der Waals surface area contributed by atoms with Crippen molar-refractivity contribution in [2.45, 2.75) is 45.1 Å². The molecule has 0 unspecified atom stereocenters. The molecule has 1 amide bonds. The van der Waals surface area contributed by atoms with Crippen molar-refractivity contribution in [2.75, 3.05) is 4.72 Å². The van der Waals surface area contributed by atoms with Crippen molar-refractivity contribution in [1.82, 2.24) is 5.32 Å². The first-order valence-electron chi connectivity index (χ1n) is 10.5. The standard InChI is InChI=1S/C25H27ClN2O3S/c1-4-18-8-9-19(5-2)21(14-18)16-27-25(29)20-10-13-23(26)24(15-20)32(30,31)28-22-11-6-17(3)7-12-22/h6-15,28H,4-5,16H2,1-3H3,(H,27,29). The summed E-state index contributed by atoms with van der Waals surface area (Å²) in [5, 5.41) is 2.94. The summed E-state index contributed by atoms with van der Waals surface area (Å²) in [6.07, 6.45) is 1.78. The lowest BCUT2D eigenvalue weighted by molar-refractivity contribution is 0.0950. The van der Waals surface area contributed by atoms with Gasteiger partial charge in [0.15, 0.2) is 0 Å². The summed E-state index contributed by atoms with van der Waals surface area (Å²) in [6.45, 7) is 6.44. The summed E-state index contributed by atoms with van der Waals surface area (Å²) in [4.78, 5) is 12.6. The van der Waals surface area contributed by atoms with Crippen LogP contribution in [0.4, 0.5) is 5.69 Å². The zero-order chi connectivity index (χ0) is 23.3. The number of carbonyl (C=O) groups is 1. The van der Waals surface area contributed by atoms with Crippen molar-refractivity contribution >= 4 is 33.2 Å². The number of benzene rings is 3. The first-order valence-corrected chi connectivity index (χ1v) is 12.4. The van der Waals surface area contributed by atoms with Gasteiger partial charge in [0.05, 0.1) is 5.02 Å². The van der Waals surface area contributed by atoms with Crippen LogP contribution >= 0.6 is 11.6 Å². The van der Waals surface area contributed by atoms with E-state index in [2.05, 4.69) is 42.1 Å². The predicted molar refractivity (Wildman–Crippen MR) is 130 cm³/mol. The molecule has 0 spiro atoms. The van der Waals surface area contributed by atoms with Crippen LogP contribution in [0.15, 0.2) is 65.6 Å². The van der Waals surface area contributed by atoms with Crippen molar-refractivity contribution in [1.29, 1.82) is 0 Å². The summed E-state index contributed by atoms with van der Waals surface area (Å²) < 4.78 is 28.3. The summed E-state index contributed by atoms with van der Waals surface area (Å²) >= 11 is 6.17. The first-order chi connectivity index (χ1) is 15.2. The van der Waals surface area contributed by atoms with Crippen LogP contribution in [0.25, 0.3) is 0 Å². The third kappa shape index (κ3) is 5.69.